The number of rotatable bonds is 5. The molecule has 0 aliphatic heterocycles. The molecule has 0 bridgehead atoms. The summed E-state index contributed by atoms with van der Waals surface area (Å²) >= 11 is 0. The van der Waals surface area contributed by atoms with Gasteiger partial charge in [0.2, 0.25) is 15.8 Å². The molecule has 1 N–H and O–H groups in total. The summed E-state index contributed by atoms with van der Waals surface area (Å²) in [5.74, 6) is -1.11. The second-order valence-electron chi connectivity index (χ2n) is 5.14. The first kappa shape index (κ1) is 17.4. The zero-order valence-corrected chi connectivity index (χ0v) is 13.5. The fourth-order valence-corrected chi connectivity index (χ4v) is 3.40. The molecule has 0 saturated heterocycles. The molecular weight excluding hydrogens is 357 g/mol. The molecule has 0 atom stereocenters. The topological polar surface area (TPSA) is 76.9 Å². The van der Waals surface area contributed by atoms with Crippen molar-refractivity contribution in [3.63, 3.8) is 0 Å². The zero-order chi connectivity index (χ0) is 18.1. The summed E-state index contributed by atoms with van der Waals surface area (Å²) in [4.78, 5) is 7.51. The van der Waals surface area contributed by atoms with Crippen LogP contribution in [-0.4, -0.2) is 29.5 Å². The molecule has 0 amide bonds. The zero-order valence-electron chi connectivity index (χ0n) is 12.7. The molecule has 0 radical (unpaired) electrons. The summed E-state index contributed by atoms with van der Waals surface area (Å²) < 4.78 is 66.9. The molecule has 3 aromatic rings. The summed E-state index contributed by atoms with van der Waals surface area (Å²) in [6, 6.07) is 10.5. The summed E-state index contributed by atoms with van der Waals surface area (Å²) in [5.41, 5.74) is 0.148. The van der Waals surface area contributed by atoms with Crippen molar-refractivity contribution in [1.29, 1.82) is 0 Å². The number of nitrogens with one attached hydrogen (secondary N) is 1. The van der Waals surface area contributed by atoms with Crippen LogP contribution in [0.2, 0.25) is 0 Å². The van der Waals surface area contributed by atoms with Gasteiger partial charge in [-0.1, -0.05) is 18.2 Å². The van der Waals surface area contributed by atoms with Gasteiger partial charge in [-0.25, -0.2) is 23.1 Å². The monoisotopic (exact) mass is 370 g/mol. The van der Waals surface area contributed by atoms with Gasteiger partial charge >= 0.3 is 6.18 Å². The number of halogens is 3. The van der Waals surface area contributed by atoms with E-state index in [-0.39, 0.29) is 29.1 Å². The summed E-state index contributed by atoms with van der Waals surface area (Å²) in [7, 11) is -3.80. The smallest absolute Gasteiger partial charge is 0.304 e. The van der Waals surface area contributed by atoms with E-state index in [1.165, 1.54) is 30.5 Å². The molecule has 6 nitrogen and oxygen atoms in total. The van der Waals surface area contributed by atoms with Gasteiger partial charge in [0, 0.05) is 19.3 Å². The van der Waals surface area contributed by atoms with E-state index in [2.05, 4.69) is 14.7 Å². The predicted molar refractivity (Wildman–Crippen MR) is 84.2 cm³/mol. The molecule has 0 saturated carbocycles. The van der Waals surface area contributed by atoms with Crippen molar-refractivity contribution >= 4 is 21.2 Å². The van der Waals surface area contributed by atoms with E-state index in [0.717, 1.165) is 4.57 Å². The number of pyridine rings is 1. The SMILES string of the molecule is O=S(=O)(NCCn1c(C(F)(F)F)nc2cccnc21)c1ccccc1. The van der Waals surface area contributed by atoms with Crippen LogP contribution in [0.15, 0.2) is 53.6 Å². The highest BCUT2D eigenvalue weighted by molar-refractivity contribution is 7.89. The minimum atomic E-state index is -4.67. The standard InChI is InChI=1S/C15H13F3N4O2S/c16-15(17,18)14-21-12-7-4-8-19-13(12)22(14)10-9-20-25(23,24)11-5-2-1-3-6-11/h1-8,20H,9-10H2. The number of fused-ring (bicyclic) bond motifs is 1. The average molecular weight is 370 g/mol. The molecule has 2 heterocycles. The van der Waals surface area contributed by atoms with E-state index in [1.54, 1.807) is 18.2 Å². The Hall–Kier alpha value is -2.46. The van der Waals surface area contributed by atoms with E-state index in [1.807, 2.05) is 0 Å². The van der Waals surface area contributed by atoms with Crippen LogP contribution >= 0.6 is 0 Å². The molecule has 0 aliphatic rings. The second-order valence-corrected chi connectivity index (χ2v) is 6.91. The van der Waals surface area contributed by atoms with E-state index < -0.39 is 22.0 Å². The fraction of sp³-hybridized carbons (Fsp3) is 0.200. The maximum Gasteiger partial charge on any atom is 0.449 e. The first-order chi connectivity index (χ1) is 11.8. The Balaban J connectivity index is 1.84. The Morgan fingerprint density at radius 2 is 1.80 bits per heavy atom. The molecule has 3 rings (SSSR count). The van der Waals surface area contributed by atoms with Gasteiger partial charge in [-0.05, 0) is 24.3 Å². The third-order valence-electron chi connectivity index (χ3n) is 3.44. The lowest BCUT2D eigenvalue weighted by Crippen LogP contribution is -2.28. The fourth-order valence-electron chi connectivity index (χ4n) is 2.36. The van der Waals surface area contributed by atoms with Gasteiger partial charge in [0.15, 0.2) is 5.65 Å². The Kier molecular flexibility index (Phi) is 4.48. The molecule has 0 spiro atoms. The van der Waals surface area contributed by atoms with Crippen molar-refractivity contribution in [3.8, 4) is 0 Å². The Bertz CT molecular complexity index is 985. The molecule has 10 heteroatoms. The molecular formula is C15H13F3N4O2S. The molecule has 25 heavy (non-hydrogen) atoms. The molecule has 0 unspecified atom stereocenters. The normalized spacial score (nSPS) is 12.6. The van der Waals surface area contributed by atoms with E-state index in [0.29, 0.717) is 0 Å². The van der Waals surface area contributed by atoms with Crippen LogP contribution < -0.4 is 4.72 Å². The largest absolute Gasteiger partial charge is 0.449 e. The summed E-state index contributed by atoms with van der Waals surface area (Å²) in [6.07, 6.45) is -3.31. The maximum absolute atomic E-state index is 13.2. The van der Waals surface area contributed by atoms with Gasteiger partial charge in [0.05, 0.1) is 4.90 Å². The number of aromatic nitrogens is 3. The number of nitrogens with zero attached hydrogens (tertiary/aromatic N) is 3. The quantitative estimate of drug-likeness (QED) is 0.748. The van der Waals surface area contributed by atoms with Crippen LogP contribution in [-0.2, 0) is 22.7 Å². The second kappa shape index (κ2) is 6.45. The van der Waals surface area contributed by atoms with Crippen LogP contribution in [0.3, 0.4) is 0 Å². The summed E-state index contributed by atoms with van der Waals surface area (Å²) in [6.45, 7) is -0.489. The number of hydrogen-bond donors (Lipinski definition) is 1. The Labute approximate surface area is 141 Å². The lowest BCUT2D eigenvalue weighted by Gasteiger charge is -2.12. The molecule has 1 aromatic carbocycles. The first-order valence-corrected chi connectivity index (χ1v) is 8.70. The van der Waals surface area contributed by atoms with Crippen molar-refractivity contribution in [3.05, 3.63) is 54.5 Å². The number of sulfonamides is 1. The maximum atomic E-state index is 13.2. The Morgan fingerprint density at radius 1 is 1.08 bits per heavy atom. The van der Waals surface area contributed by atoms with Crippen molar-refractivity contribution in [2.75, 3.05) is 6.54 Å². The van der Waals surface area contributed by atoms with E-state index >= 15 is 0 Å². The lowest BCUT2D eigenvalue weighted by atomic mass is 10.4. The van der Waals surface area contributed by atoms with Gasteiger partial charge in [0.1, 0.15) is 5.52 Å². The molecule has 2 aromatic heterocycles. The van der Waals surface area contributed by atoms with E-state index in [9.17, 15) is 21.6 Å². The third kappa shape index (κ3) is 3.64. The van der Waals surface area contributed by atoms with Gasteiger partial charge < -0.3 is 4.57 Å². The number of imidazole rings is 1. The van der Waals surface area contributed by atoms with Crippen molar-refractivity contribution in [2.24, 2.45) is 0 Å². The van der Waals surface area contributed by atoms with Crippen LogP contribution in [0.4, 0.5) is 13.2 Å². The minimum absolute atomic E-state index is 0.0414. The average Bonchev–Trinajstić information content (AvgIpc) is 2.95. The van der Waals surface area contributed by atoms with E-state index in [4.69, 9.17) is 0 Å². The number of alkyl halides is 3. The highest BCUT2D eigenvalue weighted by Gasteiger charge is 2.37. The predicted octanol–water partition coefficient (Wildman–Crippen LogP) is 2.43. The van der Waals surface area contributed by atoms with Gasteiger partial charge in [-0.15, -0.1) is 0 Å². The first-order valence-electron chi connectivity index (χ1n) is 7.22. The highest BCUT2D eigenvalue weighted by Crippen LogP contribution is 2.30. The molecule has 132 valence electrons. The van der Waals surface area contributed by atoms with Gasteiger partial charge in [-0.3, -0.25) is 0 Å². The minimum Gasteiger partial charge on any atom is -0.304 e. The Morgan fingerprint density at radius 3 is 2.48 bits per heavy atom. The van der Waals surface area contributed by atoms with Crippen LogP contribution in [0.5, 0.6) is 0 Å². The number of benzene rings is 1. The van der Waals surface area contributed by atoms with Crippen molar-refractivity contribution < 1.29 is 21.6 Å². The third-order valence-corrected chi connectivity index (χ3v) is 4.92. The van der Waals surface area contributed by atoms with Crippen LogP contribution in [0.25, 0.3) is 11.2 Å². The van der Waals surface area contributed by atoms with Gasteiger partial charge in [0.25, 0.3) is 0 Å². The highest BCUT2D eigenvalue weighted by atomic mass is 32.2. The van der Waals surface area contributed by atoms with Gasteiger partial charge in [-0.2, -0.15) is 13.2 Å². The molecule has 0 fully saturated rings. The lowest BCUT2D eigenvalue weighted by molar-refractivity contribution is -0.146. The van der Waals surface area contributed by atoms with Crippen molar-refractivity contribution in [1.82, 2.24) is 19.3 Å². The summed E-state index contributed by atoms with van der Waals surface area (Å²) in [5, 5.41) is 0. The van der Waals surface area contributed by atoms with Crippen LogP contribution in [0, 0.1) is 0 Å². The number of hydrogen-bond acceptors (Lipinski definition) is 4. The van der Waals surface area contributed by atoms with Crippen LogP contribution in [0.1, 0.15) is 5.82 Å². The molecule has 0 aliphatic carbocycles. The van der Waals surface area contributed by atoms with Crippen molar-refractivity contribution in [2.45, 2.75) is 17.6 Å².